The van der Waals surface area contributed by atoms with Crippen LogP contribution < -0.4 is 15.8 Å². The molecule has 0 spiro atoms. The van der Waals surface area contributed by atoms with E-state index >= 15 is 0 Å². The van der Waals surface area contributed by atoms with Gasteiger partial charge in [-0.2, -0.15) is 0 Å². The lowest BCUT2D eigenvalue weighted by molar-refractivity contribution is -0.118. The molecule has 0 atom stereocenters. The van der Waals surface area contributed by atoms with Gasteiger partial charge in [-0.1, -0.05) is 12.1 Å². The van der Waals surface area contributed by atoms with Crippen LogP contribution in [0, 0.1) is 13.8 Å². The minimum Gasteiger partial charge on any atom is -0.484 e. The molecule has 1 aromatic carbocycles. The van der Waals surface area contributed by atoms with Gasteiger partial charge in [0, 0.05) is 4.88 Å². The average Bonchev–Trinajstić information content (AvgIpc) is 2.94. The van der Waals surface area contributed by atoms with Crippen LogP contribution in [0.2, 0.25) is 0 Å². The van der Waals surface area contributed by atoms with Gasteiger partial charge in [0.1, 0.15) is 10.8 Å². The van der Waals surface area contributed by atoms with Crippen LogP contribution in [0.15, 0.2) is 24.3 Å². The van der Waals surface area contributed by atoms with Crippen molar-refractivity contribution in [3.63, 3.8) is 0 Å². The highest BCUT2D eigenvalue weighted by molar-refractivity contribution is 8.16. The maximum atomic E-state index is 12.2. The van der Waals surface area contributed by atoms with Gasteiger partial charge in [0.05, 0.1) is 10.1 Å². The van der Waals surface area contributed by atoms with Crippen LogP contribution in [0.5, 0.6) is 5.75 Å². The Bertz CT molecular complexity index is 827. The average molecular weight is 423 g/mol. The molecular formula is C19H22N2O3S3. The number of anilines is 1. The Balaban J connectivity index is 1.56. The van der Waals surface area contributed by atoms with Crippen molar-refractivity contribution in [2.45, 2.75) is 24.9 Å². The third kappa shape index (κ3) is 5.00. The van der Waals surface area contributed by atoms with Gasteiger partial charge >= 0.3 is 0 Å². The standard InChI is InChI=1S/C19H22N2O3S3/c1-11-12(2)27-18(16(11)17(20)23)21-15(22)10-24-14-6-4-13(5-7-14)19-25-8-3-9-26-19/h4-7,19H,3,8-10H2,1-2H3,(H2,20,23)(H,21,22). The summed E-state index contributed by atoms with van der Waals surface area (Å²) in [6.07, 6.45) is 1.27. The van der Waals surface area contributed by atoms with Gasteiger partial charge in [0.15, 0.2) is 6.61 Å². The number of carbonyl (C=O) groups excluding carboxylic acids is 2. The molecule has 0 saturated carbocycles. The molecule has 3 N–H and O–H groups in total. The number of rotatable bonds is 6. The van der Waals surface area contributed by atoms with Crippen molar-refractivity contribution in [1.82, 2.24) is 0 Å². The molecule has 1 fully saturated rings. The summed E-state index contributed by atoms with van der Waals surface area (Å²) in [5, 5.41) is 3.21. The maximum Gasteiger partial charge on any atom is 0.262 e. The highest BCUT2D eigenvalue weighted by atomic mass is 32.2. The Morgan fingerprint density at radius 3 is 2.48 bits per heavy atom. The molecule has 27 heavy (non-hydrogen) atoms. The lowest BCUT2D eigenvalue weighted by atomic mass is 10.1. The van der Waals surface area contributed by atoms with Crippen molar-refractivity contribution in [1.29, 1.82) is 0 Å². The Morgan fingerprint density at radius 2 is 1.85 bits per heavy atom. The Hall–Kier alpha value is -1.64. The third-order valence-electron chi connectivity index (χ3n) is 4.23. The minimum atomic E-state index is -0.540. The molecule has 2 heterocycles. The summed E-state index contributed by atoms with van der Waals surface area (Å²) in [6.45, 7) is 3.59. The van der Waals surface area contributed by atoms with E-state index in [2.05, 4.69) is 17.4 Å². The third-order valence-corrected chi connectivity index (χ3v) is 8.37. The molecule has 1 aromatic heterocycles. The fourth-order valence-electron chi connectivity index (χ4n) is 2.72. The molecule has 2 amide bonds. The van der Waals surface area contributed by atoms with Gasteiger partial charge in [-0.15, -0.1) is 34.9 Å². The predicted molar refractivity (Wildman–Crippen MR) is 115 cm³/mol. The molecule has 0 unspecified atom stereocenters. The topological polar surface area (TPSA) is 81.4 Å². The van der Waals surface area contributed by atoms with Gasteiger partial charge < -0.3 is 15.8 Å². The lowest BCUT2D eigenvalue weighted by Gasteiger charge is -2.21. The van der Waals surface area contributed by atoms with E-state index in [9.17, 15) is 9.59 Å². The van der Waals surface area contributed by atoms with E-state index in [0.29, 0.717) is 20.9 Å². The summed E-state index contributed by atoms with van der Waals surface area (Å²) in [4.78, 5) is 24.8. The van der Waals surface area contributed by atoms with E-state index in [1.165, 1.54) is 34.8 Å². The second kappa shape index (κ2) is 9.03. The van der Waals surface area contributed by atoms with Crippen LogP contribution in [-0.2, 0) is 4.79 Å². The number of thioether (sulfide) groups is 2. The first-order chi connectivity index (χ1) is 13.0. The van der Waals surface area contributed by atoms with Crippen molar-refractivity contribution in [3.05, 3.63) is 45.8 Å². The summed E-state index contributed by atoms with van der Waals surface area (Å²) in [5.41, 5.74) is 7.88. The van der Waals surface area contributed by atoms with E-state index in [4.69, 9.17) is 10.5 Å². The monoisotopic (exact) mass is 422 g/mol. The van der Waals surface area contributed by atoms with Crippen LogP contribution in [0.3, 0.4) is 0 Å². The number of carbonyl (C=O) groups is 2. The van der Waals surface area contributed by atoms with Crippen molar-refractivity contribution in [2.75, 3.05) is 23.4 Å². The number of hydrogen-bond donors (Lipinski definition) is 2. The predicted octanol–water partition coefficient (Wildman–Crippen LogP) is 4.35. The first kappa shape index (κ1) is 20.1. The molecule has 8 heteroatoms. The number of aryl methyl sites for hydroxylation is 1. The number of primary amides is 1. The molecule has 1 aliphatic rings. The van der Waals surface area contributed by atoms with E-state index < -0.39 is 5.91 Å². The van der Waals surface area contributed by atoms with Crippen molar-refractivity contribution in [2.24, 2.45) is 5.73 Å². The van der Waals surface area contributed by atoms with Crippen molar-refractivity contribution < 1.29 is 14.3 Å². The zero-order chi connectivity index (χ0) is 19.4. The number of ether oxygens (including phenoxy) is 1. The van der Waals surface area contributed by atoms with Gasteiger partial charge in [-0.3, -0.25) is 9.59 Å². The molecule has 5 nitrogen and oxygen atoms in total. The number of nitrogens with one attached hydrogen (secondary N) is 1. The van der Waals surface area contributed by atoms with Crippen molar-refractivity contribution >= 4 is 51.7 Å². The Kier molecular flexibility index (Phi) is 6.73. The van der Waals surface area contributed by atoms with Gasteiger partial charge in [0.25, 0.3) is 11.8 Å². The zero-order valence-electron chi connectivity index (χ0n) is 15.2. The first-order valence-electron chi connectivity index (χ1n) is 8.61. The first-order valence-corrected chi connectivity index (χ1v) is 11.5. The van der Waals surface area contributed by atoms with Crippen LogP contribution in [-0.4, -0.2) is 29.9 Å². The molecular weight excluding hydrogens is 400 g/mol. The van der Waals surface area contributed by atoms with E-state index in [1.54, 1.807) is 0 Å². The fraction of sp³-hybridized carbons (Fsp3) is 0.368. The number of thiophene rings is 1. The normalized spacial score (nSPS) is 14.7. The number of benzene rings is 1. The number of hydrogen-bond acceptors (Lipinski definition) is 6. The highest BCUT2D eigenvalue weighted by Gasteiger charge is 2.19. The minimum absolute atomic E-state index is 0.125. The van der Waals surface area contributed by atoms with Crippen molar-refractivity contribution in [3.8, 4) is 5.75 Å². The van der Waals surface area contributed by atoms with E-state index in [1.807, 2.05) is 49.5 Å². The second-order valence-electron chi connectivity index (χ2n) is 6.18. The molecule has 1 saturated heterocycles. The molecule has 2 aromatic rings. The number of nitrogens with two attached hydrogens (primary N) is 1. The summed E-state index contributed by atoms with van der Waals surface area (Å²) in [7, 11) is 0. The van der Waals surface area contributed by atoms with Crippen LogP contribution >= 0.6 is 34.9 Å². The molecule has 0 bridgehead atoms. The summed E-state index contributed by atoms with van der Waals surface area (Å²) in [6, 6.07) is 7.90. The van der Waals surface area contributed by atoms with Crippen LogP contribution in [0.25, 0.3) is 0 Å². The van der Waals surface area contributed by atoms with Gasteiger partial charge in [0.2, 0.25) is 0 Å². The largest absolute Gasteiger partial charge is 0.484 e. The Morgan fingerprint density at radius 1 is 1.19 bits per heavy atom. The van der Waals surface area contributed by atoms with Gasteiger partial charge in [-0.25, -0.2) is 0 Å². The van der Waals surface area contributed by atoms with Crippen LogP contribution in [0.4, 0.5) is 5.00 Å². The molecule has 144 valence electrons. The summed E-state index contributed by atoms with van der Waals surface area (Å²) in [5.74, 6) is 2.19. The highest BCUT2D eigenvalue weighted by Crippen LogP contribution is 2.43. The van der Waals surface area contributed by atoms with E-state index in [0.717, 1.165) is 10.4 Å². The quantitative estimate of drug-likeness (QED) is 0.723. The summed E-state index contributed by atoms with van der Waals surface area (Å²) >= 11 is 5.28. The SMILES string of the molecule is Cc1sc(NC(=O)COc2ccc(C3SCCCS3)cc2)c(C(N)=O)c1C. The summed E-state index contributed by atoms with van der Waals surface area (Å²) < 4.78 is 6.06. The fourth-order valence-corrected chi connectivity index (χ4v) is 6.70. The Labute approximate surface area is 171 Å². The lowest BCUT2D eigenvalue weighted by Crippen LogP contribution is -2.22. The van der Waals surface area contributed by atoms with Crippen LogP contribution in [0.1, 0.15) is 37.4 Å². The maximum absolute atomic E-state index is 12.2. The zero-order valence-corrected chi connectivity index (χ0v) is 17.7. The number of amides is 2. The van der Waals surface area contributed by atoms with Gasteiger partial charge in [-0.05, 0) is 55.0 Å². The van der Waals surface area contributed by atoms with E-state index in [-0.39, 0.29) is 12.5 Å². The molecule has 0 radical (unpaired) electrons. The molecule has 3 rings (SSSR count). The second-order valence-corrected chi connectivity index (χ2v) is 10.1. The molecule has 1 aliphatic heterocycles. The molecule has 0 aliphatic carbocycles. The smallest absolute Gasteiger partial charge is 0.262 e.